The molecule has 1 fully saturated rings. The molecule has 3 heterocycles. The van der Waals surface area contributed by atoms with E-state index < -0.39 is 0 Å². The van der Waals surface area contributed by atoms with Crippen LogP contribution in [-0.2, 0) is 20.7 Å². The molecule has 0 N–H and O–H groups in total. The van der Waals surface area contributed by atoms with Gasteiger partial charge in [0.2, 0.25) is 0 Å². The number of hydrogen-bond acceptors (Lipinski definition) is 5. The zero-order valence-electron chi connectivity index (χ0n) is 11.7. The monoisotopic (exact) mass is 309 g/mol. The third-order valence-electron chi connectivity index (χ3n) is 3.66. The lowest BCUT2D eigenvalue weighted by molar-refractivity contribution is -0.139. The van der Waals surface area contributed by atoms with E-state index in [1.165, 1.54) is 7.11 Å². The van der Waals surface area contributed by atoms with Gasteiger partial charge in [-0.2, -0.15) is 5.10 Å². The number of nitrogens with zero attached hydrogens (tertiary/aromatic N) is 3. The van der Waals surface area contributed by atoms with E-state index in [0.29, 0.717) is 16.2 Å². The predicted octanol–water partition coefficient (Wildman–Crippen LogP) is 2.50. The maximum absolute atomic E-state index is 11.5. The summed E-state index contributed by atoms with van der Waals surface area (Å²) < 4.78 is 12.2. The first-order valence-electron chi connectivity index (χ1n) is 6.89. The molecule has 1 aliphatic heterocycles. The molecule has 1 atom stereocenters. The van der Waals surface area contributed by atoms with Crippen LogP contribution in [0.2, 0.25) is 5.02 Å². The fourth-order valence-corrected chi connectivity index (χ4v) is 2.76. The highest BCUT2D eigenvalue weighted by Crippen LogP contribution is 2.29. The van der Waals surface area contributed by atoms with Gasteiger partial charge in [0, 0.05) is 18.2 Å². The molecule has 1 aliphatic rings. The summed E-state index contributed by atoms with van der Waals surface area (Å²) in [6.45, 7) is 0.731. The molecule has 0 aromatic carbocycles. The lowest BCUT2D eigenvalue weighted by atomic mass is 10.1. The summed E-state index contributed by atoms with van der Waals surface area (Å²) in [7, 11) is 1.36. The summed E-state index contributed by atoms with van der Waals surface area (Å²) >= 11 is 6.16. The zero-order valence-corrected chi connectivity index (χ0v) is 12.5. The van der Waals surface area contributed by atoms with Crippen LogP contribution in [0.25, 0.3) is 11.0 Å². The van der Waals surface area contributed by atoms with Crippen LogP contribution in [0.5, 0.6) is 0 Å². The Bertz CT molecular complexity index is 665. The molecule has 112 valence electrons. The second kappa shape index (κ2) is 5.99. The molecule has 0 amide bonds. The second-order valence-electron chi connectivity index (χ2n) is 4.99. The van der Waals surface area contributed by atoms with Crippen molar-refractivity contribution in [2.45, 2.75) is 31.9 Å². The minimum Gasteiger partial charge on any atom is -0.469 e. The van der Waals surface area contributed by atoms with E-state index in [-0.39, 0.29) is 18.6 Å². The first-order valence-corrected chi connectivity index (χ1v) is 7.27. The molecule has 1 unspecified atom stereocenters. The van der Waals surface area contributed by atoms with Gasteiger partial charge in [-0.3, -0.25) is 4.79 Å². The summed E-state index contributed by atoms with van der Waals surface area (Å²) in [5, 5.41) is 5.58. The Balaban J connectivity index is 2.02. The molecule has 0 aliphatic carbocycles. The molecule has 21 heavy (non-hydrogen) atoms. The number of fused-ring (bicyclic) bond motifs is 1. The number of methoxy groups -OCH3 is 1. The number of esters is 1. The summed E-state index contributed by atoms with van der Waals surface area (Å²) in [5.41, 5.74) is 1.38. The van der Waals surface area contributed by atoms with Gasteiger partial charge in [0.25, 0.3) is 0 Å². The number of ether oxygens (including phenoxy) is 2. The molecular weight excluding hydrogens is 294 g/mol. The van der Waals surface area contributed by atoms with Gasteiger partial charge in [-0.15, -0.1) is 0 Å². The van der Waals surface area contributed by atoms with E-state index in [0.717, 1.165) is 31.3 Å². The minimum absolute atomic E-state index is 0.101. The first-order chi connectivity index (χ1) is 10.2. The van der Waals surface area contributed by atoms with Crippen molar-refractivity contribution >= 4 is 28.6 Å². The van der Waals surface area contributed by atoms with Crippen LogP contribution in [0.1, 0.15) is 31.1 Å². The summed E-state index contributed by atoms with van der Waals surface area (Å²) in [5.74, 6) is -0.342. The predicted molar refractivity (Wildman–Crippen MR) is 77.1 cm³/mol. The quantitative estimate of drug-likeness (QED) is 0.815. The number of carbonyl (C=O) groups excluding carboxylic acids is 1. The number of hydrogen-bond donors (Lipinski definition) is 0. The fourth-order valence-electron chi connectivity index (χ4n) is 2.55. The Morgan fingerprint density at radius 3 is 3.10 bits per heavy atom. The Labute approximate surface area is 127 Å². The van der Waals surface area contributed by atoms with E-state index in [1.54, 1.807) is 17.1 Å². The van der Waals surface area contributed by atoms with Crippen molar-refractivity contribution in [2.75, 3.05) is 13.7 Å². The number of aromatic nitrogens is 3. The number of rotatable bonds is 3. The van der Waals surface area contributed by atoms with Crippen molar-refractivity contribution in [1.82, 2.24) is 14.8 Å². The third-order valence-corrected chi connectivity index (χ3v) is 3.99. The van der Waals surface area contributed by atoms with E-state index in [2.05, 4.69) is 10.1 Å². The number of pyridine rings is 1. The van der Waals surface area contributed by atoms with Crippen LogP contribution in [0, 0.1) is 0 Å². The van der Waals surface area contributed by atoms with Crippen LogP contribution in [0.15, 0.2) is 12.4 Å². The highest BCUT2D eigenvalue weighted by Gasteiger charge is 2.21. The molecule has 0 radical (unpaired) electrons. The van der Waals surface area contributed by atoms with Crippen LogP contribution >= 0.6 is 11.6 Å². The fraction of sp³-hybridized carbons (Fsp3) is 0.500. The lowest BCUT2D eigenvalue weighted by Crippen LogP contribution is -2.19. The summed E-state index contributed by atoms with van der Waals surface area (Å²) in [6.07, 6.45) is 6.32. The molecule has 2 aromatic heterocycles. The molecule has 2 aromatic rings. The van der Waals surface area contributed by atoms with Crippen molar-refractivity contribution in [1.29, 1.82) is 0 Å². The Morgan fingerprint density at radius 1 is 1.52 bits per heavy atom. The summed E-state index contributed by atoms with van der Waals surface area (Å²) in [4.78, 5) is 15.9. The van der Waals surface area contributed by atoms with Crippen LogP contribution in [0.4, 0.5) is 0 Å². The lowest BCUT2D eigenvalue weighted by Gasteiger charge is -2.23. The maximum Gasteiger partial charge on any atom is 0.310 e. The molecule has 3 rings (SSSR count). The Kier molecular flexibility index (Phi) is 4.07. The largest absolute Gasteiger partial charge is 0.469 e. The molecule has 6 nitrogen and oxygen atoms in total. The standard InChI is InChI=1S/C14H16ClN3O3/c1-20-13(19)6-9-10-7-17-18(12-4-2-3-5-21-12)14(10)16-8-11(9)15/h7-8,12H,2-6H2,1H3. The molecular formula is C14H16ClN3O3. The van der Waals surface area contributed by atoms with E-state index in [1.807, 2.05) is 0 Å². The minimum atomic E-state index is -0.342. The molecule has 0 bridgehead atoms. The van der Waals surface area contributed by atoms with Crippen molar-refractivity contribution in [3.05, 3.63) is 23.0 Å². The van der Waals surface area contributed by atoms with E-state index >= 15 is 0 Å². The highest BCUT2D eigenvalue weighted by molar-refractivity contribution is 6.32. The Hall–Kier alpha value is -1.66. The van der Waals surface area contributed by atoms with Gasteiger partial charge >= 0.3 is 5.97 Å². The van der Waals surface area contributed by atoms with Gasteiger partial charge in [0.05, 0.1) is 24.8 Å². The van der Waals surface area contributed by atoms with Crippen molar-refractivity contribution in [3.63, 3.8) is 0 Å². The maximum atomic E-state index is 11.5. The molecule has 0 spiro atoms. The number of halogens is 1. The van der Waals surface area contributed by atoms with Gasteiger partial charge in [0.15, 0.2) is 11.9 Å². The van der Waals surface area contributed by atoms with Gasteiger partial charge in [-0.1, -0.05) is 11.6 Å². The average Bonchev–Trinajstić information content (AvgIpc) is 2.95. The van der Waals surface area contributed by atoms with Gasteiger partial charge < -0.3 is 9.47 Å². The van der Waals surface area contributed by atoms with Crippen LogP contribution in [0.3, 0.4) is 0 Å². The smallest absolute Gasteiger partial charge is 0.310 e. The normalized spacial score (nSPS) is 18.9. The molecule has 0 saturated carbocycles. The van der Waals surface area contributed by atoms with E-state index in [4.69, 9.17) is 21.1 Å². The first kappa shape index (κ1) is 14.3. The van der Waals surface area contributed by atoms with Gasteiger partial charge in [0.1, 0.15) is 0 Å². The average molecular weight is 310 g/mol. The topological polar surface area (TPSA) is 66.2 Å². The van der Waals surface area contributed by atoms with Gasteiger partial charge in [-0.05, 0) is 24.8 Å². The Morgan fingerprint density at radius 2 is 2.38 bits per heavy atom. The van der Waals surface area contributed by atoms with Crippen molar-refractivity contribution < 1.29 is 14.3 Å². The van der Waals surface area contributed by atoms with Crippen LogP contribution < -0.4 is 0 Å². The zero-order chi connectivity index (χ0) is 14.8. The number of carbonyl (C=O) groups is 1. The summed E-state index contributed by atoms with van der Waals surface area (Å²) in [6, 6.07) is 0. The highest BCUT2D eigenvalue weighted by atomic mass is 35.5. The van der Waals surface area contributed by atoms with E-state index in [9.17, 15) is 4.79 Å². The molecule has 7 heteroatoms. The van der Waals surface area contributed by atoms with Crippen molar-refractivity contribution in [3.8, 4) is 0 Å². The van der Waals surface area contributed by atoms with Crippen LogP contribution in [-0.4, -0.2) is 34.5 Å². The van der Waals surface area contributed by atoms with Gasteiger partial charge in [-0.25, -0.2) is 9.67 Å². The SMILES string of the molecule is COC(=O)Cc1c(Cl)cnc2c1cnn2C1CCCCO1. The molecule has 1 saturated heterocycles. The third kappa shape index (κ3) is 2.73. The van der Waals surface area contributed by atoms with Crippen molar-refractivity contribution in [2.24, 2.45) is 0 Å². The second-order valence-corrected chi connectivity index (χ2v) is 5.39.